The third kappa shape index (κ3) is 3.75. The number of esters is 1. The number of carbonyl (C=O) groups excluding carboxylic acids is 2. The molecule has 3 aromatic rings. The molecule has 4 nitrogen and oxygen atoms in total. The van der Waals surface area contributed by atoms with Crippen LogP contribution in [-0.2, 0) is 11.2 Å². The Bertz CT molecular complexity index is 1050. The van der Waals surface area contributed by atoms with E-state index in [1.54, 1.807) is 30.3 Å². The quantitative estimate of drug-likeness (QED) is 0.621. The molecule has 0 radical (unpaired) electrons. The highest BCUT2D eigenvalue weighted by atomic mass is 35.5. The number of cyclic esters (lactones) is 1. The molecule has 6 heteroatoms. The Morgan fingerprint density at radius 1 is 1.04 bits per heavy atom. The van der Waals surface area contributed by atoms with Crippen LogP contribution in [-0.4, -0.2) is 11.9 Å². The van der Waals surface area contributed by atoms with Crippen LogP contribution in [0, 0.1) is 5.82 Å². The first kappa shape index (κ1) is 18.2. The number of hydrogen-bond acceptors (Lipinski definition) is 3. The van der Waals surface area contributed by atoms with Crippen molar-refractivity contribution in [2.24, 2.45) is 0 Å². The van der Waals surface area contributed by atoms with Crippen molar-refractivity contribution in [1.82, 2.24) is 0 Å². The summed E-state index contributed by atoms with van der Waals surface area (Å²) in [6, 6.07) is 17.5. The second-order valence-corrected chi connectivity index (χ2v) is 6.92. The van der Waals surface area contributed by atoms with Crippen LogP contribution in [0.2, 0.25) is 5.02 Å². The van der Waals surface area contributed by atoms with Crippen LogP contribution in [0.5, 0.6) is 0 Å². The Morgan fingerprint density at radius 3 is 2.46 bits per heavy atom. The Kier molecular flexibility index (Phi) is 4.84. The van der Waals surface area contributed by atoms with Gasteiger partial charge in [-0.1, -0.05) is 23.7 Å². The van der Waals surface area contributed by atoms with E-state index in [1.807, 2.05) is 12.1 Å². The van der Waals surface area contributed by atoms with Crippen molar-refractivity contribution in [2.45, 2.75) is 12.5 Å². The van der Waals surface area contributed by atoms with Crippen LogP contribution in [0.15, 0.2) is 66.7 Å². The minimum absolute atomic E-state index is 0.337. The molecule has 1 heterocycles. The Morgan fingerprint density at radius 2 is 1.75 bits per heavy atom. The molecule has 140 valence electrons. The molecule has 0 aliphatic carbocycles. The van der Waals surface area contributed by atoms with Gasteiger partial charge in [-0.15, -0.1) is 0 Å². The van der Waals surface area contributed by atoms with Crippen LogP contribution in [0.4, 0.5) is 10.1 Å². The molecule has 0 fully saturated rings. The first-order chi connectivity index (χ1) is 13.5. The Hall–Kier alpha value is -3.18. The van der Waals surface area contributed by atoms with Crippen molar-refractivity contribution in [3.63, 3.8) is 0 Å². The van der Waals surface area contributed by atoms with Crippen molar-refractivity contribution in [3.8, 4) is 0 Å². The summed E-state index contributed by atoms with van der Waals surface area (Å²) in [5, 5.41) is 3.32. The van der Waals surface area contributed by atoms with Gasteiger partial charge in [-0.2, -0.15) is 0 Å². The fourth-order valence-corrected chi connectivity index (χ4v) is 3.26. The van der Waals surface area contributed by atoms with Gasteiger partial charge in [0.25, 0.3) is 5.91 Å². The number of hydrogen-bond donors (Lipinski definition) is 1. The molecular formula is C22H15ClFNO3. The zero-order valence-electron chi connectivity index (χ0n) is 14.6. The van der Waals surface area contributed by atoms with E-state index in [2.05, 4.69) is 5.32 Å². The van der Waals surface area contributed by atoms with E-state index in [9.17, 15) is 14.0 Å². The van der Waals surface area contributed by atoms with Gasteiger partial charge in [0.15, 0.2) is 0 Å². The molecule has 0 bridgehead atoms. The van der Waals surface area contributed by atoms with E-state index in [0.29, 0.717) is 28.3 Å². The first-order valence-corrected chi connectivity index (χ1v) is 9.04. The molecular weight excluding hydrogens is 381 g/mol. The fourth-order valence-electron chi connectivity index (χ4n) is 3.14. The highest BCUT2D eigenvalue weighted by Gasteiger charge is 2.28. The molecule has 0 aromatic heterocycles. The van der Waals surface area contributed by atoms with Gasteiger partial charge >= 0.3 is 5.97 Å². The van der Waals surface area contributed by atoms with Gasteiger partial charge in [0.1, 0.15) is 11.9 Å². The zero-order chi connectivity index (χ0) is 19.7. The monoisotopic (exact) mass is 395 g/mol. The maximum atomic E-state index is 13.0. The second-order valence-electron chi connectivity index (χ2n) is 6.48. The van der Waals surface area contributed by atoms with Crippen molar-refractivity contribution in [3.05, 3.63) is 99.8 Å². The number of anilines is 1. The van der Waals surface area contributed by atoms with E-state index in [1.165, 1.54) is 24.3 Å². The largest absolute Gasteiger partial charge is 0.454 e. The van der Waals surface area contributed by atoms with Crippen molar-refractivity contribution >= 4 is 29.2 Å². The van der Waals surface area contributed by atoms with Crippen LogP contribution in [0.25, 0.3) is 0 Å². The van der Waals surface area contributed by atoms with E-state index in [0.717, 1.165) is 11.1 Å². The topological polar surface area (TPSA) is 55.4 Å². The predicted molar refractivity (Wildman–Crippen MR) is 104 cm³/mol. The summed E-state index contributed by atoms with van der Waals surface area (Å²) in [7, 11) is 0. The smallest absolute Gasteiger partial charge is 0.339 e. The van der Waals surface area contributed by atoms with Gasteiger partial charge in [-0.05, 0) is 65.7 Å². The third-order valence-electron chi connectivity index (χ3n) is 4.59. The highest BCUT2D eigenvalue weighted by Crippen LogP contribution is 2.31. The van der Waals surface area contributed by atoms with Gasteiger partial charge in [0.05, 0.1) is 5.56 Å². The molecule has 1 N–H and O–H groups in total. The lowest BCUT2D eigenvalue weighted by atomic mass is 9.93. The summed E-state index contributed by atoms with van der Waals surface area (Å²) >= 11 is 5.92. The summed E-state index contributed by atoms with van der Waals surface area (Å²) in [6.07, 6.45) is 0.0214. The Balaban J connectivity index is 1.57. The molecule has 1 aliphatic rings. The number of carbonyl (C=O) groups is 2. The second kappa shape index (κ2) is 7.44. The summed E-state index contributed by atoms with van der Waals surface area (Å²) < 4.78 is 18.5. The molecule has 0 saturated heterocycles. The van der Waals surface area contributed by atoms with Crippen molar-refractivity contribution in [1.29, 1.82) is 0 Å². The first-order valence-electron chi connectivity index (χ1n) is 8.66. The number of nitrogens with one attached hydrogen (secondary N) is 1. The van der Waals surface area contributed by atoms with Crippen LogP contribution in [0.1, 0.15) is 37.9 Å². The van der Waals surface area contributed by atoms with Crippen LogP contribution < -0.4 is 5.32 Å². The number of ether oxygens (including phenoxy) is 1. The third-order valence-corrected chi connectivity index (χ3v) is 4.84. The lowest BCUT2D eigenvalue weighted by Gasteiger charge is -2.25. The lowest BCUT2D eigenvalue weighted by molar-refractivity contribution is 0.0252. The van der Waals surface area contributed by atoms with Gasteiger partial charge in [0, 0.05) is 22.7 Å². The van der Waals surface area contributed by atoms with Crippen molar-refractivity contribution < 1.29 is 18.7 Å². The average Bonchev–Trinajstić information content (AvgIpc) is 2.69. The number of halogens is 2. The van der Waals surface area contributed by atoms with Gasteiger partial charge in [-0.3, -0.25) is 4.79 Å². The molecule has 0 spiro atoms. The molecule has 0 saturated carbocycles. The molecule has 0 unspecified atom stereocenters. The van der Waals surface area contributed by atoms with E-state index < -0.39 is 12.1 Å². The molecule has 1 aliphatic heterocycles. The van der Waals surface area contributed by atoms with Crippen LogP contribution >= 0.6 is 11.6 Å². The standard InChI is InChI=1S/C22H15ClFNO3/c23-16-4-1-13(2-5-16)20-12-15-11-14(3-10-19(15)22(27)28-20)21(26)25-18-8-6-17(24)7-9-18/h1-11,20H,12H2,(H,25,26)/t20-/m0/s1. The maximum absolute atomic E-state index is 13.0. The average molecular weight is 396 g/mol. The van der Waals surface area contributed by atoms with E-state index >= 15 is 0 Å². The maximum Gasteiger partial charge on any atom is 0.339 e. The minimum Gasteiger partial charge on any atom is -0.454 e. The predicted octanol–water partition coefficient (Wildman–Crippen LogP) is 5.19. The fraction of sp³-hybridized carbons (Fsp3) is 0.0909. The summed E-state index contributed by atoms with van der Waals surface area (Å²) in [5.74, 6) is -1.14. The molecule has 28 heavy (non-hydrogen) atoms. The molecule has 3 aromatic carbocycles. The number of benzene rings is 3. The van der Waals surface area contributed by atoms with Gasteiger partial charge in [0.2, 0.25) is 0 Å². The molecule has 4 rings (SSSR count). The number of rotatable bonds is 3. The van der Waals surface area contributed by atoms with Crippen LogP contribution in [0.3, 0.4) is 0 Å². The van der Waals surface area contributed by atoms with Crippen molar-refractivity contribution in [2.75, 3.05) is 5.32 Å². The highest BCUT2D eigenvalue weighted by molar-refractivity contribution is 6.30. The lowest BCUT2D eigenvalue weighted by Crippen LogP contribution is -2.23. The van der Waals surface area contributed by atoms with E-state index in [4.69, 9.17) is 16.3 Å². The summed E-state index contributed by atoms with van der Waals surface area (Å²) in [6.45, 7) is 0. The summed E-state index contributed by atoms with van der Waals surface area (Å²) in [5.41, 5.74) is 2.92. The molecule has 1 amide bonds. The zero-order valence-corrected chi connectivity index (χ0v) is 15.4. The van der Waals surface area contributed by atoms with Gasteiger partial charge in [-0.25, -0.2) is 9.18 Å². The van der Waals surface area contributed by atoms with E-state index in [-0.39, 0.29) is 11.7 Å². The normalized spacial score (nSPS) is 15.5. The Labute approximate surface area is 165 Å². The number of amides is 1. The number of fused-ring (bicyclic) bond motifs is 1. The molecule has 1 atom stereocenters. The summed E-state index contributed by atoms with van der Waals surface area (Å²) in [4.78, 5) is 24.9. The SMILES string of the molecule is O=C(Nc1ccc(F)cc1)c1ccc2c(c1)C[C@@H](c1ccc(Cl)cc1)OC2=O. The van der Waals surface area contributed by atoms with Gasteiger partial charge < -0.3 is 10.1 Å². The minimum atomic E-state index is -0.437.